The number of aryl methyl sites for hydroxylation is 1. The monoisotopic (exact) mass is 221 g/mol. The summed E-state index contributed by atoms with van der Waals surface area (Å²) in [5.41, 5.74) is 1.07. The molecule has 1 fully saturated rings. The Hall–Kier alpha value is -1.16. The van der Waals surface area contributed by atoms with E-state index in [0.29, 0.717) is 6.10 Å². The van der Waals surface area contributed by atoms with Gasteiger partial charge in [-0.2, -0.15) is 0 Å². The summed E-state index contributed by atoms with van der Waals surface area (Å²) in [4.78, 5) is 9.01. The van der Waals surface area contributed by atoms with Crippen molar-refractivity contribution in [3.8, 4) is 0 Å². The molecule has 0 radical (unpaired) electrons. The zero-order chi connectivity index (χ0) is 11.5. The molecule has 0 bridgehead atoms. The SMILES string of the molecule is CCc1cc(NC)nc(C2CCC(C)O2)n1. The van der Waals surface area contributed by atoms with Crippen molar-refractivity contribution in [1.29, 1.82) is 0 Å². The van der Waals surface area contributed by atoms with E-state index in [9.17, 15) is 0 Å². The molecule has 88 valence electrons. The highest BCUT2D eigenvalue weighted by Crippen LogP contribution is 2.31. The smallest absolute Gasteiger partial charge is 0.159 e. The van der Waals surface area contributed by atoms with Gasteiger partial charge in [-0.15, -0.1) is 0 Å². The number of hydrogen-bond acceptors (Lipinski definition) is 4. The average molecular weight is 221 g/mol. The fourth-order valence-electron chi connectivity index (χ4n) is 1.96. The van der Waals surface area contributed by atoms with Gasteiger partial charge in [0.1, 0.15) is 11.9 Å². The largest absolute Gasteiger partial charge is 0.373 e. The van der Waals surface area contributed by atoms with E-state index in [-0.39, 0.29) is 6.10 Å². The molecular formula is C12H19N3O. The second-order valence-electron chi connectivity index (χ2n) is 4.22. The van der Waals surface area contributed by atoms with Gasteiger partial charge in [-0.1, -0.05) is 6.92 Å². The van der Waals surface area contributed by atoms with Crippen LogP contribution in [0, 0.1) is 0 Å². The number of hydrogen-bond donors (Lipinski definition) is 1. The van der Waals surface area contributed by atoms with Crippen molar-refractivity contribution in [3.63, 3.8) is 0 Å². The van der Waals surface area contributed by atoms with Gasteiger partial charge in [-0.05, 0) is 26.2 Å². The summed E-state index contributed by atoms with van der Waals surface area (Å²) in [6.45, 7) is 4.20. The quantitative estimate of drug-likeness (QED) is 0.851. The fraction of sp³-hybridized carbons (Fsp3) is 0.667. The Balaban J connectivity index is 2.25. The molecule has 4 heteroatoms. The minimum Gasteiger partial charge on any atom is -0.373 e. The zero-order valence-corrected chi connectivity index (χ0v) is 10.2. The molecule has 2 unspecified atom stereocenters. The third-order valence-corrected chi connectivity index (χ3v) is 2.93. The van der Waals surface area contributed by atoms with E-state index < -0.39 is 0 Å². The molecular weight excluding hydrogens is 202 g/mol. The third-order valence-electron chi connectivity index (χ3n) is 2.93. The molecule has 2 heterocycles. The standard InChI is InChI=1S/C12H19N3O/c1-4-9-7-11(13-3)15-12(14-9)10-6-5-8(2)16-10/h7-8,10H,4-6H2,1-3H3,(H,13,14,15). The molecule has 1 aliphatic heterocycles. The molecule has 2 atom stereocenters. The number of nitrogens with one attached hydrogen (secondary N) is 1. The number of ether oxygens (including phenoxy) is 1. The first-order valence-electron chi connectivity index (χ1n) is 5.94. The van der Waals surface area contributed by atoms with Crippen molar-refractivity contribution in [2.75, 3.05) is 12.4 Å². The summed E-state index contributed by atoms with van der Waals surface area (Å²) < 4.78 is 5.79. The molecule has 0 saturated carbocycles. The van der Waals surface area contributed by atoms with Crippen LogP contribution in [-0.4, -0.2) is 23.1 Å². The van der Waals surface area contributed by atoms with E-state index in [2.05, 4.69) is 29.1 Å². The molecule has 16 heavy (non-hydrogen) atoms. The molecule has 1 saturated heterocycles. The maximum atomic E-state index is 5.79. The number of anilines is 1. The Labute approximate surface area is 96.4 Å². The first-order valence-corrected chi connectivity index (χ1v) is 5.94. The van der Waals surface area contributed by atoms with E-state index in [0.717, 1.165) is 36.6 Å². The molecule has 1 aromatic heterocycles. The lowest BCUT2D eigenvalue weighted by Gasteiger charge is -2.12. The lowest BCUT2D eigenvalue weighted by molar-refractivity contribution is 0.0502. The minimum atomic E-state index is 0.0774. The third kappa shape index (κ3) is 2.32. The summed E-state index contributed by atoms with van der Waals surface area (Å²) in [6.07, 6.45) is 3.45. The second-order valence-corrected chi connectivity index (χ2v) is 4.22. The highest BCUT2D eigenvalue weighted by atomic mass is 16.5. The number of nitrogens with zero attached hydrogens (tertiary/aromatic N) is 2. The molecule has 1 N–H and O–H groups in total. The summed E-state index contributed by atoms with van der Waals surface area (Å²) in [7, 11) is 1.88. The normalized spacial score (nSPS) is 24.7. The van der Waals surface area contributed by atoms with Gasteiger partial charge in [0.15, 0.2) is 5.82 Å². The fourth-order valence-corrected chi connectivity index (χ4v) is 1.96. The highest BCUT2D eigenvalue weighted by Gasteiger charge is 2.26. The van der Waals surface area contributed by atoms with E-state index in [1.165, 1.54) is 0 Å². The molecule has 4 nitrogen and oxygen atoms in total. The number of rotatable bonds is 3. The minimum absolute atomic E-state index is 0.0774. The van der Waals surface area contributed by atoms with Crippen LogP contribution in [0.4, 0.5) is 5.82 Å². The van der Waals surface area contributed by atoms with Crippen molar-refractivity contribution in [3.05, 3.63) is 17.6 Å². The van der Waals surface area contributed by atoms with Crippen LogP contribution in [0.3, 0.4) is 0 Å². The van der Waals surface area contributed by atoms with Crippen LogP contribution in [0.1, 0.15) is 44.3 Å². The molecule has 0 amide bonds. The second kappa shape index (κ2) is 4.78. The summed E-state index contributed by atoms with van der Waals surface area (Å²) in [5.74, 6) is 1.71. The molecule has 2 rings (SSSR count). The lowest BCUT2D eigenvalue weighted by Crippen LogP contribution is -2.09. The van der Waals surface area contributed by atoms with Gasteiger partial charge < -0.3 is 10.1 Å². The molecule has 0 spiro atoms. The van der Waals surface area contributed by atoms with Gasteiger partial charge in [0.25, 0.3) is 0 Å². The molecule has 1 aromatic rings. The molecule has 0 aromatic carbocycles. The van der Waals surface area contributed by atoms with E-state index in [1.54, 1.807) is 0 Å². The van der Waals surface area contributed by atoms with Gasteiger partial charge in [-0.25, -0.2) is 9.97 Å². The summed E-state index contributed by atoms with van der Waals surface area (Å²) in [6, 6.07) is 1.99. The Morgan fingerprint density at radius 1 is 1.44 bits per heavy atom. The molecule has 1 aliphatic rings. The van der Waals surface area contributed by atoms with Gasteiger partial charge in [0.05, 0.1) is 6.10 Å². The summed E-state index contributed by atoms with van der Waals surface area (Å²) in [5, 5.41) is 3.07. The van der Waals surface area contributed by atoms with Gasteiger partial charge >= 0.3 is 0 Å². The van der Waals surface area contributed by atoms with Crippen LogP contribution in [0.2, 0.25) is 0 Å². The van der Waals surface area contributed by atoms with Crippen molar-refractivity contribution < 1.29 is 4.74 Å². The highest BCUT2D eigenvalue weighted by molar-refractivity contribution is 5.35. The topological polar surface area (TPSA) is 47.0 Å². The first-order chi connectivity index (χ1) is 7.72. The van der Waals surface area contributed by atoms with Crippen LogP contribution in [0.15, 0.2) is 6.07 Å². The lowest BCUT2D eigenvalue weighted by atomic mass is 10.2. The van der Waals surface area contributed by atoms with Crippen molar-refractivity contribution in [2.24, 2.45) is 0 Å². The van der Waals surface area contributed by atoms with Gasteiger partial charge in [-0.3, -0.25) is 0 Å². The van der Waals surface area contributed by atoms with Crippen molar-refractivity contribution >= 4 is 5.82 Å². The molecule has 0 aliphatic carbocycles. The average Bonchev–Trinajstić information content (AvgIpc) is 2.75. The maximum absolute atomic E-state index is 5.79. The Morgan fingerprint density at radius 2 is 2.25 bits per heavy atom. The zero-order valence-electron chi connectivity index (χ0n) is 10.2. The predicted octanol–water partition coefficient (Wildman–Crippen LogP) is 2.32. The van der Waals surface area contributed by atoms with Crippen LogP contribution < -0.4 is 5.32 Å². The Bertz CT molecular complexity index is 345. The van der Waals surface area contributed by atoms with Crippen LogP contribution in [-0.2, 0) is 11.2 Å². The first kappa shape index (κ1) is 11.3. The van der Waals surface area contributed by atoms with Crippen molar-refractivity contribution in [2.45, 2.75) is 45.3 Å². The maximum Gasteiger partial charge on any atom is 0.159 e. The van der Waals surface area contributed by atoms with Crippen molar-refractivity contribution in [1.82, 2.24) is 9.97 Å². The Morgan fingerprint density at radius 3 is 2.81 bits per heavy atom. The van der Waals surface area contributed by atoms with Crippen LogP contribution in [0.25, 0.3) is 0 Å². The number of aromatic nitrogens is 2. The summed E-state index contributed by atoms with van der Waals surface area (Å²) >= 11 is 0. The van der Waals surface area contributed by atoms with E-state index in [4.69, 9.17) is 4.74 Å². The van der Waals surface area contributed by atoms with Crippen LogP contribution in [0.5, 0.6) is 0 Å². The predicted molar refractivity (Wildman–Crippen MR) is 63.5 cm³/mol. The van der Waals surface area contributed by atoms with Gasteiger partial charge in [0, 0.05) is 18.8 Å². The van der Waals surface area contributed by atoms with E-state index >= 15 is 0 Å². The van der Waals surface area contributed by atoms with Crippen LogP contribution >= 0.6 is 0 Å². The van der Waals surface area contributed by atoms with E-state index in [1.807, 2.05) is 13.1 Å². The Kier molecular flexibility index (Phi) is 3.39. The van der Waals surface area contributed by atoms with Gasteiger partial charge in [0.2, 0.25) is 0 Å².